The van der Waals surface area contributed by atoms with Crippen molar-refractivity contribution in [2.24, 2.45) is 5.41 Å². The van der Waals surface area contributed by atoms with Gasteiger partial charge in [0.2, 0.25) is 0 Å². The first-order chi connectivity index (χ1) is 12.6. The zero-order chi connectivity index (χ0) is 18.5. The highest BCUT2D eigenvalue weighted by molar-refractivity contribution is 5.38. The van der Waals surface area contributed by atoms with Crippen LogP contribution in [0.5, 0.6) is 0 Å². The summed E-state index contributed by atoms with van der Waals surface area (Å²) in [7, 11) is 0. The summed E-state index contributed by atoms with van der Waals surface area (Å²) in [4.78, 5) is 2.67. The third kappa shape index (κ3) is 4.38. The minimum absolute atomic E-state index is 0.0723. The van der Waals surface area contributed by atoms with Crippen LogP contribution >= 0.6 is 0 Å². The minimum atomic E-state index is 0.0723. The fraction of sp³-hybridized carbons (Fsp3) is 0.520. The summed E-state index contributed by atoms with van der Waals surface area (Å²) < 4.78 is 0. The molecule has 1 heteroatoms. The zero-order valence-electron chi connectivity index (χ0n) is 16.9. The van der Waals surface area contributed by atoms with Gasteiger partial charge in [-0.3, -0.25) is 0 Å². The average Bonchev–Trinajstić information content (AvgIpc) is 2.69. The number of benzene rings is 2. The fourth-order valence-electron chi connectivity index (χ4n) is 4.71. The molecule has 0 radical (unpaired) electrons. The van der Waals surface area contributed by atoms with E-state index >= 15 is 0 Å². The lowest BCUT2D eigenvalue weighted by Crippen LogP contribution is -2.42. The van der Waals surface area contributed by atoms with E-state index in [1.807, 2.05) is 0 Å². The molecule has 0 spiro atoms. The minimum Gasteiger partial charge on any atom is -0.303 e. The Labute approximate surface area is 160 Å². The van der Waals surface area contributed by atoms with Crippen LogP contribution in [0.25, 0.3) is 0 Å². The van der Waals surface area contributed by atoms with Gasteiger partial charge in [0.15, 0.2) is 0 Å². The predicted molar refractivity (Wildman–Crippen MR) is 113 cm³/mol. The van der Waals surface area contributed by atoms with Gasteiger partial charge in [-0.05, 0) is 61.9 Å². The SMILES string of the molecule is CCCCN1CCC(C)(CC(C)(c2ccccc2)c2ccccc2)CC1. The summed E-state index contributed by atoms with van der Waals surface area (Å²) in [5.41, 5.74) is 3.37. The molecule has 2 aromatic rings. The first-order valence-corrected chi connectivity index (χ1v) is 10.4. The molecule has 1 nitrogen and oxygen atoms in total. The lowest BCUT2D eigenvalue weighted by Gasteiger charge is -2.45. The Balaban J connectivity index is 1.81. The summed E-state index contributed by atoms with van der Waals surface area (Å²) in [5, 5.41) is 0. The smallest absolute Gasteiger partial charge is 0.0179 e. The lowest BCUT2D eigenvalue weighted by atomic mass is 9.63. The predicted octanol–water partition coefficient (Wildman–Crippen LogP) is 6.28. The highest BCUT2D eigenvalue weighted by Crippen LogP contribution is 2.46. The van der Waals surface area contributed by atoms with Gasteiger partial charge in [-0.1, -0.05) is 87.9 Å². The van der Waals surface area contributed by atoms with Crippen molar-refractivity contribution in [1.29, 1.82) is 0 Å². The van der Waals surface area contributed by atoms with E-state index in [2.05, 4.69) is 86.3 Å². The van der Waals surface area contributed by atoms with Gasteiger partial charge in [0.1, 0.15) is 0 Å². The molecule has 140 valence electrons. The van der Waals surface area contributed by atoms with Gasteiger partial charge in [-0.25, -0.2) is 0 Å². The molecule has 0 atom stereocenters. The third-order valence-electron chi connectivity index (χ3n) is 6.49. The second-order valence-electron chi connectivity index (χ2n) is 8.75. The molecule has 1 fully saturated rings. The number of piperidine rings is 1. The standard InChI is InChI=1S/C25H35N/c1-4-5-18-26-19-16-24(2,17-20-26)21-25(3,22-12-8-6-9-13-22)23-14-10-7-11-15-23/h6-15H,4-5,16-21H2,1-3H3. The second kappa shape index (κ2) is 8.39. The van der Waals surface area contributed by atoms with E-state index in [4.69, 9.17) is 0 Å². The van der Waals surface area contributed by atoms with Gasteiger partial charge in [0, 0.05) is 5.41 Å². The van der Waals surface area contributed by atoms with Crippen LogP contribution in [0.1, 0.15) is 64.0 Å². The molecule has 26 heavy (non-hydrogen) atoms. The monoisotopic (exact) mass is 349 g/mol. The van der Waals surface area contributed by atoms with E-state index in [-0.39, 0.29) is 5.41 Å². The third-order valence-corrected chi connectivity index (χ3v) is 6.49. The molecule has 1 aliphatic heterocycles. The number of hydrogen-bond acceptors (Lipinski definition) is 1. The Kier molecular flexibility index (Phi) is 6.19. The first-order valence-electron chi connectivity index (χ1n) is 10.4. The molecule has 0 aliphatic carbocycles. The molecule has 0 bridgehead atoms. The molecule has 1 heterocycles. The highest BCUT2D eigenvalue weighted by atomic mass is 15.1. The van der Waals surface area contributed by atoms with Crippen LogP contribution in [0.4, 0.5) is 0 Å². The summed E-state index contributed by atoms with van der Waals surface area (Å²) in [6, 6.07) is 22.3. The maximum atomic E-state index is 2.67. The van der Waals surface area contributed by atoms with Crippen LogP contribution in [-0.2, 0) is 5.41 Å². The Morgan fingerprint density at radius 3 is 1.85 bits per heavy atom. The second-order valence-corrected chi connectivity index (χ2v) is 8.75. The van der Waals surface area contributed by atoms with Crippen LogP contribution in [0.2, 0.25) is 0 Å². The Morgan fingerprint density at radius 2 is 1.38 bits per heavy atom. The molecule has 1 saturated heterocycles. The Hall–Kier alpha value is -1.60. The van der Waals surface area contributed by atoms with Crippen LogP contribution in [0.15, 0.2) is 60.7 Å². The maximum absolute atomic E-state index is 2.67. The van der Waals surface area contributed by atoms with Crippen molar-refractivity contribution in [2.45, 2.75) is 58.3 Å². The largest absolute Gasteiger partial charge is 0.303 e. The van der Waals surface area contributed by atoms with Crippen molar-refractivity contribution in [3.8, 4) is 0 Å². The normalized spacial score (nSPS) is 18.0. The van der Waals surface area contributed by atoms with Crippen LogP contribution in [0, 0.1) is 5.41 Å². The first kappa shape index (κ1) is 19.2. The van der Waals surface area contributed by atoms with Crippen LogP contribution in [0.3, 0.4) is 0 Å². The molecule has 0 unspecified atom stereocenters. The molecular formula is C25H35N. The molecule has 0 aromatic heterocycles. The lowest BCUT2D eigenvalue weighted by molar-refractivity contribution is 0.0941. The van der Waals surface area contributed by atoms with Gasteiger partial charge < -0.3 is 4.90 Å². The van der Waals surface area contributed by atoms with Crippen molar-refractivity contribution in [3.05, 3.63) is 71.8 Å². The Morgan fingerprint density at radius 1 is 0.885 bits per heavy atom. The van der Waals surface area contributed by atoms with Gasteiger partial charge in [0.05, 0.1) is 0 Å². The van der Waals surface area contributed by atoms with Crippen molar-refractivity contribution in [2.75, 3.05) is 19.6 Å². The molecule has 0 N–H and O–H groups in total. The van der Waals surface area contributed by atoms with Gasteiger partial charge in [0.25, 0.3) is 0 Å². The fourth-order valence-corrected chi connectivity index (χ4v) is 4.71. The number of rotatable bonds is 7. The summed E-state index contributed by atoms with van der Waals surface area (Å²) in [6.07, 6.45) is 6.48. The molecule has 1 aliphatic rings. The van der Waals surface area contributed by atoms with Gasteiger partial charge in [-0.2, -0.15) is 0 Å². The van der Waals surface area contributed by atoms with E-state index in [1.165, 1.54) is 62.9 Å². The van der Waals surface area contributed by atoms with Crippen molar-refractivity contribution < 1.29 is 0 Å². The summed E-state index contributed by atoms with van der Waals surface area (Å²) >= 11 is 0. The Bertz CT molecular complexity index is 614. The summed E-state index contributed by atoms with van der Waals surface area (Å²) in [5.74, 6) is 0. The van der Waals surface area contributed by atoms with Crippen molar-refractivity contribution >= 4 is 0 Å². The average molecular weight is 350 g/mol. The molecule has 3 rings (SSSR count). The molecule has 2 aromatic carbocycles. The molecule has 0 saturated carbocycles. The topological polar surface area (TPSA) is 3.24 Å². The van der Waals surface area contributed by atoms with Crippen LogP contribution < -0.4 is 0 Å². The zero-order valence-corrected chi connectivity index (χ0v) is 16.9. The van der Waals surface area contributed by atoms with E-state index in [9.17, 15) is 0 Å². The van der Waals surface area contributed by atoms with E-state index in [0.29, 0.717) is 5.41 Å². The maximum Gasteiger partial charge on any atom is 0.0179 e. The van der Waals surface area contributed by atoms with E-state index in [0.717, 1.165) is 0 Å². The molecular weight excluding hydrogens is 314 g/mol. The van der Waals surface area contributed by atoms with Crippen LogP contribution in [-0.4, -0.2) is 24.5 Å². The van der Waals surface area contributed by atoms with Crippen molar-refractivity contribution in [3.63, 3.8) is 0 Å². The number of nitrogens with zero attached hydrogens (tertiary/aromatic N) is 1. The van der Waals surface area contributed by atoms with E-state index < -0.39 is 0 Å². The van der Waals surface area contributed by atoms with Gasteiger partial charge in [-0.15, -0.1) is 0 Å². The quantitative estimate of drug-likeness (QED) is 0.568. The number of unbranched alkanes of at least 4 members (excludes halogenated alkanes) is 1. The summed E-state index contributed by atoms with van der Waals surface area (Å²) in [6.45, 7) is 11.1. The van der Waals surface area contributed by atoms with Gasteiger partial charge >= 0.3 is 0 Å². The number of likely N-dealkylation sites (tertiary alicyclic amines) is 1. The number of hydrogen-bond donors (Lipinski definition) is 0. The highest BCUT2D eigenvalue weighted by Gasteiger charge is 2.39. The molecule has 0 amide bonds. The van der Waals surface area contributed by atoms with Crippen molar-refractivity contribution in [1.82, 2.24) is 4.90 Å². The van der Waals surface area contributed by atoms with E-state index in [1.54, 1.807) is 0 Å².